The van der Waals surface area contributed by atoms with Crippen molar-refractivity contribution in [3.05, 3.63) is 28.8 Å². The Hall–Kier alpha value is -2.24. The van der Waals surface area contributed by atoms with Gasteiger partial charge >= 0.3 is 12.4 Å². The van der Waals surface area contributed by atoms with E-state index in [4.69, 9.17) is 5.26 Å². The van der Waals surface area contributed by atoms with Gasteiger partial charge in [0, 0.05) is 0 Å². The molecule has 3 nitrogen and oxygen atoms in total. The third kappa shape index (κ3) is 4.11. The summed E-state index contributed by atoms with van der Waals surface area (Å²) < 4.78 is 76.3. The van der Waals surface area contributed by atoms with Gasteiger partial charge in [0.25, 0.3) is 0 Å². The van der Waals surface area contributed by atoms with Crippen LogP contribution in [0.2, 0.25) is 0 Å². The maximum Gasteiger partial charge on any atom is 0.420 e. The van der Waals surface area contributed by atoms with Crippen molar-refractivity contribution in [2.45, 2.75) is 26.2 Å². The molecule has 0 bridgehead atoms. The van der Waals surface area contributed by atoms with E-state index in [1.165, 1.54) is 19.9 Å². The van der Waals surface area contributed by atoms with Gasteiger partial charge < -0.3 is 4.84 Å². The van der Waals surface area contributed by atoms with Crippen LogP contribution in [0.3, 0.4) is 0 Å². The fourth-order valence-corrected chi connectivity index (χ4v) is 1.32. The molecule has 0 amide bonds. The quantitative estimate of drug-likeness (QED) is 0.462. The fraction of sp³-hybridized carbons (Fsp3) is 0.333. The van der Waals surface area contributed by atoms with E-state index >= 15 is 0 Å². The summed E-state index contributed by atoms with van der Waals surface area (Å²) in [7, 11) is 0. The summed E-state index contributed by atoms with van der Waals surface area (Å²) in [4.78, 5) is 4.49. The molecular formula is C12H8F6N2O. The SMILES string of the molecule is CC(C)=NOc1c(C#N)cc(C(F)(F)F)cc1C(F)(F)F. The van der Waals surface area contributed by atoms with Crippen LogP contribution in [0.1, 0.15) is 30.5 Å². The van der Waals surface area contributed by atoms with Crippen molar-refractivity contribution in [1.82, 2.24) is 0 Å². The number of hydrogen-bond donors (Lipinski definition) is 0. The predicted octanol–water partition coefficient (Wildman–Crippen LogP) is 4.37. The van der Waals surface area contributed by atoms with Crippen LogP contribution < -0.4 is 4.84 Å². The van der Waals surface area contributed by atoms with Crippen LogP contribution in [0.4, 0.5) is 26.3 Å². The molecule has 1 aromatic carbocycles. The van der Waals surface area contributed by atoms with E-state index in [0.29, 0.717) is 0 Å². The van der Waals surface area contributed by atoms with Gasteiger partial charge in [0.15, 0.2) is 5.75 Å². The average Bonchev–Trinajstić information content (AvgIpc) is 2.32. The Kier molecular flexibility index (Phi) is 4.51. The van der Waals surface area contributed by atoms with Crippen molar-refractivity contribution in [3.63, 3.8) is 0 Å². The summed E-state index contributed by atoms with van der Waals surface area (Å²) in [5.41, 5.74) is -3.97. The first kappa shape index (κ1) is 16.8. The van der Waals surface area contributed by atoms with Crippen molar-refractivity contribution in [3.8, 4) is 11.8 Å². The average molecular weight is 310 g/mol. The standard InChI is InChI=1S/C12H8F6N2O/c1-6(2)20-21-10-7(5-19)3-8(11(13,14)15)4-9(10)12(16,17)18/h3-4H,1-2H3. The summed E-state index contributed by atoms with van der Waals surface area (Å²) in [6, 6.07) is 1.42. The smallest absolute Gasteiger partial charge is 0.355 e. The minimum Gasteiger partial charge on any atom is -0.355 e. The lowest BCUT2D eigenvalue weighted by Gasteiger charge is -2.15. The van der Waals surface area contributed by atoms with E-state index in [9.17, 15) is 26.3 Å². The number of nitrogens with zero attached hydrogens (tertiary/aromatic N) is 2. The zero-order valence-electron chi connectivity index (χ0n) is 10.7. The van der Waals surface area contributed by atoms with Crippen molar-refractivity contribution >= 4 is 5.71 Å². The summed E-state index contributed by atoms with van der Waals surface area (Å²) in [6.45, 7) is 2.81. The first-order valence-electron chi connectivity index (χ1n) is 5.37. The maximum atomic E-state index is 12.9. The van der Waals surface area contributed by atoms with Crippen LogP contribution in [0.15, 0.2) is 17.3 Å². The molecule has 0 unspecified atom stereocenters. The molecule has 0 aromatic heterocycles. The molecule has 0 N–H and O–H groups in total. The zero-order chi connectivity index (χ0) is 16.4. The molecule has 9 heteroatoms. The lowest BCUT2D eigenvalue weighted by atomic mass is 10.0. The highest BCUT2D eigenvalue weighted by Gasteiger charge is 2.40. The van der Waals surface area contributed by atoms with Crippen molar-refractivity contribution in [2.75, 3.05) is 0 Å². The number of alkyl halides is 6. The Morgan fingerprint density at radius 1 is 1.10 bits per heavy atom. The van der Waals surface area contributed by atoms with Crippen molar-refractivity contribution in [2.24, 2.45) is 5.16 Å². The van der Waals surface area contributed by atoms with Gasteiger partial charge in [0.1, 0.15) is 11.6 Å². The minimum absolute atomic E-state index is 0.114. The van der Waals surface area contributed by atoms with E-state index in [1.807, 2.05) is 0 Å². The molecule has 1 aromatic rings. The largest absolute Gasteiger partial charge is 0.420 e. The minimum atomic E-state index is -5.13. The summed E-state index contributed by atoms with van der Waals surface area (Å²) >= 11 is 0. The van der Waals surface area contributed by atoms with Gasteiger partial charge in [-0.1, -0.05) is 5.16 Å². The van der Waals surface area contributed by atoms with Crippen LogP contribution >= 0.6 is 0 Å². The highest BCUT2D eigenvalue weighted by atomic mass is 19.4. The Morgan fingerprint density at radius 3 is 2.05 bits per heavy atom. The molecule has 0 saturated heterocycles. The van der Waals surface area contributed by atoms with E-state index < -0.39 is 34.8 Å². The fourth-order valence-electron chi connectivity index (χ4n) is 1.32. The van der Waals surface area contributed by atoms with Gasteiger partial charge in [-0.3, -0.25) is 0 Å². The highest BCUT2D eigenvalue weighted by molar-refractivity contribution is 5.78. The van der Waals surface area contributed by atoms with Crippen LogP contribution in [0.5, 0.6) is 5.75 Å². The van der Waals surface area contributed by atoms with Gasteiger partial charge in [0.05, 0.1) is 16.8 Å². The van der Waals surface area contributed by atoms with Gasteiger partial charge in [-0.05, 0) is 26.0 Å². The maximum absolute atomic E-state index is 12.9. The normalized spacial score (nSPS) is 11.8. The highest BCUT2D eigenvalue weighted by Crippen LogP contribution is 2.42. The van der Waals surface area contributed by atoms with Crippen LogP contribution in [-0.2, 0) is 12.4 Å². The van der Waals surface area contributed by atoms with Crippen LogP contribution in [0, 0.1) is 11.3 Å². The van der Waals surface area contributed by atoms with Gasteiger partial charge in [-0.25, -0.2) is 0 Å². The van der Waals surface area contributed by atoms with Crippen LogP contribution in [0.25, 0.3) is 0 Å². The molecule has 0 aliphatic rings. The summed E-state index contributed by atoms with van der Waals surface area (Å²) in [5.74, 6) is -1.06. The Morgan fingerprint density at radius 2 is 1.67 bits per heavy atom. The summed E-state index contributed by atoms with van der Waals surface area (Å²) in [6.07, 6.45) is -10.1. The first-order valence-corrected chi connectivity index (χ1v) is 5.37. The molecule has 0 radical (unpaired) electrons. The molecule has 0 spiro atoms. The zero-order valence-corrected chi connectivity index (χ0v) is 10.7. The molecule has 1 rings (SSSR count). The molecule has 21 heavy (non-hydrogen) atoms. The van der Waals surface area contributed by atoms with Crippen LogP contribution in [-0.4, -0.2) is 5.71 Å². The third-order valence-corrected chi connectivity index (χ3v) is 2.16. The monoisotopic (exact) mass is 310 g/mol. The molecular weight excluding hydrogens is 302 g/mol. The Balaban J connectivity index is 3.62. The van der Waals surface area contributed by atoms with E-state index in [1.54, 1.807) is 0 Å². The molecule has 0 fully saturated rings. The topological polar surface area (TPSA) is 45.4 Å². The number of benzene rings is 1. The number of rotatable bonds is 2. The lowest BCUT2D eigenvalue weighted by molar-refractivity contribution is -0.143. The van der Waals surface area contributed by atoms with Crippen molar-refractivity contribution < 1.29 is 31.2 Å². The first-order chi connectivity index (χ1) is 9.46. The lowest BCUT2D eigenvalue weighted by Crippen LogP contribution is -2.13. The predicted molar refractivity (Wildman–Crippen MR) is 60.6 cm³/mol. The number of oxime groups is 1. The molecule has 0 aliphatic carbocycles. The Labute approximate surface area is 115 Å². The second-order valence-electron chi connectivity index (χ2n) is 4.14. The molecule has 0 aliphatic heterocycles. The molecule has 0 atom stereocenters. The second kappa shape index (κ2) is 5.63. The number of halogens is 6. The van der Waals surface area contributed by atoms with E-state index in [2.05, 4.69) is 9.99 Å². The third-order valence-electron chi connectivity index (χ3n) is 2.16. The molecule has 114 valence electrons. The van der Waals surface area contributed by atoms with E-state index in [-0.39, 0.29) is 17.8 Å². The Bertz CT molecular complexity index is 606. The molecule has 0 saturated carbocycles. The number of nitriles is 1. The second-order valence-corrected chi connectivity index (χ2v) is 4.14. The molecule has 0 heterocycles. The van der Waals surface area contributed by atoms with E-state index in [0.717, 1.165) is 0 Å². The van der Waals surface area contributed by atoms with Gasteiger partial charge in [-0.15, -0.1) is 0 Å². The summed E-state index contributed by atoms with van der Waals surface area (Å²) in [5, 5.41) is 12.0. The van der Waals surface area contributed by atoms with Gasteiger partial charge in [0.2, 0.25) is 0 Å². The van der Waals surface area contributed by atoms with Gasteiger partial charge in [-0.2, -0.15) is 31.6 Å². The number of hydrogen-bond acceptors (Lipinski definition) is 3. The van der Waals surface area contributed by atoms with Crippen molar-refractivity contribution in [1.29, 1.82) is 5.26 Å².